The Hall–Kier alpha value is -1.36. The SMILES string of the molecule is CCCCOC(=O)c1cc(Br)c(C)cc1C(=O)OCCCC(C)C. The highest BCUT2D eigenvalue weighted by Crippen LogP contribution is 2.23. The van der Waals surface area contributed by atoms with E-state index >= 15 is 0 Å². The lowest BCUT2D eigenvalue weighted by atomic mass is 10.0. The third-order valence-corrected chi connectivity index (χ3v) is 4.48. The van der Waals surface area contributed by atoms with E-state index in [4.69, 9.17) is 9.47 Å². The van der Waals surface area contributed by atoms with Gasteiger partial charge in [0, 0.05) is 4.47 Å². The zero-order valence-electron chi connectivity index (χ0n) is 15.0. The molecule has 0 saturated carbocycles. The van der Waals surface area contributed by atoms with E-state index in [9.17, 15) is 9.59 Å². The topological polar surface area (TPSA) is 52.6 Å². The fraction of sp³-hybridized carbons (Fsp3) is 0.579. The highest BCUT2D eigenvalue weighted by molar-refractivity contribution is 9.10. The molecule has 5 heteroatoms. The molecule has 1 aromatic carbocycles. The summed E-state index contributed by atoms with van der Waals surface area (Å²) in [6.07, 6.45) is 3.55. The number of rotatable bonds is 9. The number of hydrogen-bond acceptors (Lipinski definition) is 4. The molecule has 0 radical (unpaired) electrons. The Labute approximate surface area is 153 Å². The van der Waals surface area contributed by atoms with Crippen LogP contribution in [0.1, 0.15) is 72.7 Å². The second-order valence-electron chi connectivity index (χ2n) is 6.31. The van der Waals surface area contributed by atoms with Crippen molar-refractivity contribution in [2.75, 3.05) is 13.2 Å². The molecule has 0 saturated heterocycles. The van der Waals surface area contributed by atoms with Crippen molar-refractivity contribution in [3.63, 3.8) is 0 Å². The number of carbonyl (C=O) groups is 2. The van der Waals surface area contributed by atoms with E-state index in [0.29, 0.717) is 19.1 Å². The van der Waals surface area contributed by atoms with E-state index in [1.165, 1.54) is 0 Å². The first-order valence-corrected chi connectivity index (χ1v) is 9.30. The molecule has 134 valence electrons. The smallest absolute Gasteiger partial charge is 0.339 e. The number of carbonyl (C=O) groups excluding carboxylic acids is 2. The van der Waals surface area contributed by atoms with Gasteiger partial charge in [-0.05, 0) is 49.8 Å². The minimum Gasteiger partial charge on any atom is -0.462 e. The monoisotopic (exact) mass is 398 g/mol. The van der Waals surface area contributed by atoms with Crippen molar-refractivity contribution in [1.29, 1.82) is 0 Å². The average Bonchev–Trinajstić information content (AvgIpc) is 2.53. The Morgan fingerprint density at radius 2 is 1.58 bits per heavy atom. The molecule has 0 aliphatic rings. The average molecular weight is 399 g/mol. The van der Waals surface area contributed by atoms with Crippen LogP contribution in [0.3, 0.4) is 0 Å². The molecule has 0 aromatic heterocycles. The Morgan fingerprint density at radius 3 is 2.12 bits per heavy atom. The van der Waals surface area contributed by atoms with Gasteiger partial charge in [0.2, 0.25) is 0 Å². The van der Waals surface area contributed by atoms with Gasteiger partial charge in [0.1, 0.15) is 0 Å². The van der Waals surface area contributed by atoms with Gasteiger partial charge in [-0.3, -0.25) is 0 Å². The van der Waals surface area contributed by atoms with E-state index in [1.54, 1.807) is 12.1 Å². The maximum Gasteiger partial charge on any atom is 0.339 e. The zero-order chi connectivity index (χ0) is 18.1. The quantitative estimate of drug-likeness (QED) is 0.417. The van der Waals surface area contributed by atoms with Crippen molar-refractivity contribution in [1.82, 2.24) is 0 Å². The molecular formula is C19H27BrO4. The van der Waals surface area contributed by atoms with Gasteiger partial charge < -0.3 is 9.47 Å². The molecule has 0 fully saturated rings. The first kappa shape index (κ1) is 20.7. The summed E-state index contributed by atoms with van der Waals surface area (Å²) >= 11 is 3.40. The molecule has 1 rings (SSSR count). The largest absolute Gasteiger partial charge is 0.462 e. The van der Waals surface area contributed by atoms with Crippen LogP contribution in [0.5, 0.6) is 0 Å². The van der Waals surface area contributed by atoms with Gasteiger partial charge in [0.15, 0.2) is 0 Å². The summed E-state index contributed by atoms with van der Waals surface area (Å²) in [5, 5.41) is 0. The van der Waals surface area contributed by atoms with Crippen molar-refractivity contribution in [3.05, 3.63) is 33.3 Å². The van der Waals surface area contributed by atoms with Crippen molar-refractivity contribution in [3.8, 4) is 0 Å². The fourth-order valence-electron chi connectivity index (χ4n) is 2.14. The summed E-state index contributed by atoms with van der Waals surface area (Å²) in [6, 6.07) is 3.31. The van der Waals surface area contributed by atoms with Crippen LogP contribution in [0.25, 0.3) is 0 Å². The predicted molar refractivity (Wildman–Crippen MR) is 98.4 cm³/mol. The van der Waals surface area contributed by atoms with E-state index < -0.39 is 11.9 Å². The molecule has 0 aliphatic carbocycles. The lowest BCUT2D eigenvalue weighted by Gasteiger charge is -2.12. The van der Waals surface area contributed by atoms with Crippen LogP contribution in [0, 0.1) is 12.8 Å². The summed E-state index contributed by atoms with van der Waals surface area (Å²) < 4.78 is 11.3. The summed E-state index contributed by atoms with van der Waals surface area (Å²) in [6.45, 7) is 8.86. The van der Waals surface area contributed by atoms with Crippen molar-refractivity contribution in [2.45, 2.75) is 53.4 Å². The van der Waals surface area contributed by atoms with Crippen molar-refractivity contribution in [2.24, 2.45) is 5.92 Å². The van der Waals surface area contributed by atoms with Crippen LogP contribution in [0.4, 0.5) is 0 Å². The first-order chi connectivity index (χ1) is 11.4. The zero-order valence-corrected chi connectivity index (χ0v) is 16.6. The van der Waals surface area contributed by atoms with Crippen LogP contribution >= 0.6 is 15.9 Å². The highest BCUT2D eigenvalue weighted by atomic mass is 79.9. The number of aryl methyl sites for hydroxylation is 1. The number of halogens is 1. The maximum absolute atomic E-state index is 12.4. The molecule has 0 amide bonds. The van der Waals surface area contributed by atoms with E-state index in [2.05, 4.69) is 29.8 Å². The molecular weight excluding hydrogens is 372 g/mol. The molecule has 0 N–H and O–H groups in total. The standard InChI is InChI=1S/C19H27BrO4/c1-5-6-9-23-19(22)16-12-17(20)14(4)11-15(16)18(21)24-10-7-8-13(2)3/h11-13H,5-10H2,1-4H3. The van der Waals surface area contributed by atoms with Gasteiger partial charge in [0.25, 0.3) is 0 Å². The van der Waals surface area contributed by atoms with Crippen LogP contribution in [-0.2, 0) is 9.47 Å². The van der Waals surface area contributed by atoms with Gasteiger partial charge in [0.05, 0.1) is 24.3 Å². The maximum atomic E-state index is 12.4. The summed E-state index contributed by atoms with van der Waals surface area (Å²) in [7, 11) is 0. The summed E-state index contributed by atoms with van der Waals surface area (Å²) in [4.78, 5) is 24.6. The molecule has 0 heterocycles. The minimum atomic E-state index is -0.488. The van der Waals surface area contributed by atoms with Crippen LogP contribution in [0.2, 0.25) is 0 Å². The Bertz CT molecular complexity index is 567. The molecule has 24 heavy (non-hydrogen) atoms. The summed E-state index contributed by atoms with van der Waals surface area (Å²) in [5.41, 5.74) is 1.38. The Balaban J connectivity index is 2.85. The Morgan fingerprint density at radius 1 is 1.04 bits per heavy atom. The fourth-order valence-corrected chi connectivity index (χ4v) is 2.48. The van der Waals surface area contributed by atoms with Crippen molar-refractivity contribution < 1.29 is 19.1 Å². The van der Waals surface area contributed by atoms with Crippen LogP contribution < -0.4 is 0 Å². The van der Waals surface area contributed by atoms with E-state index in [1.807, 2.05) is 13.8 Å². The second-order valence-corrected chi connectivity index (χ2v) is 7.16. The highest BCUT2D eigenvalue weighted by Gasteiger charge is 2.21. The molecule has 1 aromatic rings. The third-order valence-electron chi connectivity index (χ3n) is 3.63. The van der Waals surface area contributed by atoms with E-state index in [0.717, 1.165) is 35.7 Å². The lowest BCUT2D eigenvalue weighted by Crippen LogP contribution is -2.16. The van der Waals surface area contributed by atoms with Gasteiger partial charge in [-0.25, -0.2) is 9.59 Å². The number of benzene rings is 1. The van der Waals surface area contributed by atoms with Gasteiger partial charge in [-0.1, -0.05) is 43.1 Å². The molecule has 0 bridgehead atoms. The third kappa shape index (κ3) is 6.63. The minimum absolute atomic E-state index is 0.248. The number of hydrogen-bond donors (Lipinski definition) is 0. The number of esters is 2. The molecule has 4 nitrogen and oxygen atoms in total. The molecule has 0 atom stereocenters. The van der Waals surface area contributed by atoms with Crippen molar-refractivity contribution >= 4 is 27.9 Å². The molecule has 0 spiro atoms. The summed E-state index contributed by atoms with van der Waals surface area (Å²) in [5.74, 6) is -0.391. The van der Waals surface area contributed by atoms with Crippen LogP contribution in [-0.4, -0.2) is 25.2 Å². The van der Waals surface area contributed by atoms with Gasteiger partial charge in [-0.15, -0.1) is 0 Å². The Kier molecular flexibility index (Phi) is 9.04. The lowest BCUT2D eigenvalue weighted by molar-refractivity contribution is 0.0450. The number of unbranched alkanes of at least 4 members (excludes halogenated alkanes) is 1. The number of ether oxygens (including phenoxy) is 2. The van der Waals surface area contributed by atoms with Gasteiger partial charge >= 0.3 is 11.9 Å². The predicted octanol–water partition coefficient (Wildman–Crippen LogP) is 5.31. The van der Waals surface area contributed by atoms with Gasteiger partial charge in [-0.2, -0.15) is 0 Å². The molecule has 0 aliphatic heterocycles. The molecule has 0 unspecified atom stereocenters. The first-order valence-electron chi connectivity index (χ1n) is 8.51. The van der Waals surface area contributed by atoms with Crippen LogP contribution in [0.15, 0.2) is 16.6 Å². The van der Waals surface area contributed by atoms with E-state index in [-0.39, 0.29) is 11.1 Å². The normalized spacial score (nSPS) is 10.8. The second kappa shape index (κ2) is 10.5.